The smallest absolute Gasteiger partial charge is 0.224 e. The van der Waals surface area contributed by atoms with Crippen LogP contribution in [0.4, 0.5) is 5.69 Å². The summed E-state index contributed by atoms with van der Waals surface area (Å²) < 4.78 is 0. The summed E-state index contributed by atoms with van der Waals surface area (Å²) in [5.74, 6) is -0.109. The number of amides is 2. The fourth-order valence-electron chi connectivity index (χ4n) is 1.92. The van der Waals surface area contributed by atoms with E-state index in [4.69, 9.17) is 0 Å². The zero-order valence-corrected chi connectivity index (χ0v) is 12.9. The van der Waals surface area contributed by atoms with Crippen molar-refractivity contribution in [1.29, 1.82) is 0 Å². The summed E-state index contributed by atoms with van der Waals surface area (Å²) in [4.78, 5) is 24.0. The summed E-state index contributed by atoms with van der Waals surface area (Å²) in [5, 5.41) is 7.65. The van der Waals surface area contributed by atoms with E-state index >= 15 is 0 Å². The molecule has 1 heterocycles. The Bertz CT molecular complexity index is 632. The topological polar surface area (TPSA) is 58.2 Å². The highest BCUT2D eigenvalue weighted by molar-refractivity contribution is 7.10. The summed E-state index contributed by atoms with van der Waals surface area (Å²) in [5.41, 5.74) is 2.87. The Kier molecular flexibility index (Phi) is 5.11. The highest BCUT2D eigenvalue weighted by atomic mass is 32.1. The van der Waals surface area contributed by atoms with Gasteiger partial charge in [-0.3, -0.25) is 9.59 Å². The molecule has 2 N–H and O–H groups in total. The van der Waals surface area contributed by atoms with E-state index in [1.807, 2.05) is 30.5 Å². The second kappa shape index (κ2) is 7.04. The SMILES string of the molecule is CC(=O)Nc1ccc(CC(=O)NCc2sccc2C)cc1. The first-order valence-electron chi connectivity index (χ1n) is 6.71. The number of carbonyl (C=O) groups is 2. The fraction of sp³-hybridized carbons (Fsp3) is 0.250. The van der Waals surface area contributed by atoms with Crippen LogP contribution in [0.1, 0.15) is 22.9 Å². The third kappa shape index (κ3) is 4.72. The minimum Gasteiger partial charge on any atom is -0.351 e. The maximum atomic E-state index is 11.9. The Labute approximate surface area is 128 Å². The number of hydrogen-bond donors (Lipinski definition) is 2. The summed E-state index contributed by atoms with van der Waals surface area (Å²) in [7, 11) is 0. The number of benzene rings is 1. The van der Waals surface area contributed by atoms with Gasteiger partial charge in [0.25, 0.3) is 0 Å². The zero-order chi connectivity index (χ0) is 15.2. The lowest BCUT2D eigenvalue weighted by Gasteiger charge is -2.06. The van der Waals surface area contributed by atoms with E-state index in [1.54, 1.807) is 23.5 Å². The quantitative estimate of drug-likeness (QED) is 0.892. The van der Waals surface area contributed by atoms with Crippen LogP contribution in [0.2, 0.25) is 0 Å². The first kappa shape index (κ1) is 15.3. The van der Waals surface area contributed by atoms with Gasteiger partial charge in [0.15, 0.2) is 0 Å². The summed E-state index contributed by atoms with van der Waals surface area (Å²) in [6, 6.07) is 9.34. The van der Waals surface area contributed by atoms with Crippen molar-refractivity contribution in [2.45, 2.75) is 26.8 Å². The molecule has 2 amide bonds. The van der Waals surface area contributed by atoms with Crippen LogP contribution < -0.4 is 10.6 Å². The summed E-state index contributed by atoms with van der Waals surface area (Å²) >= 11 is 1.65. The van der Waals surface area contributed by atoms with Gasteiger partial charge in [-0.1, -0.05) is 12.1 Å². The van der Waals surface area contributed by atoms with Crippen molar-refractivity contribution in [3.8, 4) is 0 Å². The molecule has 2 aromatic rings. The molecule has 0 saturated heterocycles. The third-order valence-electron chi connectivity index (χ3n) is 3.05. The Morgan fingerprint density at radius 3 is 2.43 bits per heavy atom. The van der Waals surface area contributed by atoms with E-state index in [2.05, 4.69) is 10.6 Å². The molecular formula is C16H18N2O2S. The van der Waals surface area contributed by atoms with E-state index in [0.717, 1.165) is 11.3 Å². The second-order valence-electron chi connectivity index (χ2n) is 4.86. The predicted octanol–water partition coefficient (Wildman–Crippen LogP) is 2.87. The molecular weight excluding hydrogens is 284 g/mol. The molecule has 0 fully saturated rings. The van der Waals surface area contributed by atoms with Crippen LogP contribution in [0.5, 0.6) is 0 Å². The lowest BCUT2D eigenvalue weighted by atomic mass is 10.1. The molecule has 0 atom stereocenters. The minimum absolute atomic E-state index is 0.00456. The van der Waals surface area contributed by atoms with Crippen LogP contribution in [0, 0.1) is 6.92 Å². The fourth-order valence-corrected chi connectivity index (χ4v) is 2.77. The lowest BCUT2D eigenvalue weighted by molar-refractivity contribution is -0.120. The van der Waals surface area contributed by atoms with E-state index in [1.165, 1.54) is 17.4 Å². The van der Waals surface area contributed by atoms with Crippen molar-refractivity contribution >= 4 is 28.8 Å². The van der Waals surface area contributed by atoms with Crippen LogP contribution in [-0.2, 0) is 22.6 Å². The molecule has 0 radical (unpaired) electrons. The van der Waals surface area contributed by atoms with Gasteiger partial charge in [-0.05, 0) is 41.6 Å². The average Bonchev–Trinajstić information content (AvgIpc) is 2.84. The number of nitrogens with one attached hydrogen (secondary N) is 2. The van der Waals surface area contributed by atoms with Gasteiger partial charge in [-0.2, -0.15) is 0 Å². The van der Waals surface area contributed by atoms with Crippen LogP contribution >= 0.6 is 11.3 Å². The van der Waals surface area contributed by atoms with Gasteiger partial charge in [0.1, 0.15) is 0 Å². The number of anilines is 1. The first-order valence-corrected chi connectivity index (χ1v) is 7.59. The van der Waals surface area contributed by atoms with Gasteiger partial charge in [0.05, 0.1) is 13.0 Å². The van der Waals surface area contributed by atoms with Gasteiger partial charge in [0.2, 0.25) is 11.8 Å². The Balaban J connectivity index is 1.85. The molecule has 0 aliphatic carbocycles. The normalized spacial score (nSPS) is 10.2. The summed E-state index contributed by atoms with van der Waals surface area (Å²) in [6.45, 7) is 4.08. The van der Waals surface area contributed by atoms with E-state index in [-0.39, 0.29) is 11.8 Å². The van der Waals surface area contributed by atoms with Crippen molar-refractivity contribution in [3.05, 3.63) is 51.7 Å². The second-order valence-corrected chi connectivity index (χ2v) is 5.86. The Morgan fingerprint density at radius 1 is 1.14 bits per heavy atom. The van der Waals surface area contributed by atoms with Gasteiger partial charge in [-0.25, -0.2) is 0 Å². The maximum absolute atomic E-state index is 11.9. The number of aryl methyl sites for hydroxylation is 1. The first-order chi connectivity index (χ1) is 10.0. The van der Waals surface area contributed by atoms with Crippen LogP contribution in [0.25, 0.3) is 0 Å². The van der Waals surface area contributed by atoms with Gasteiger partial charge in [0, 0.05) is 17.5 Å². The molecule has 1 aromatic heterocycles. The number of thiophene rings is 1. The highest BCUT2D eigenvalue weighted by Crippen LogP contribution is 2.15. The standard InChI is InChI=1S/C16H18N2O2S/c1-11-7-8-21-15(11)10-17-16(20)9-13-3-5-14(6-4-13)18-12(2)19/h3-8H,9-10H2,1-2H3,(H,17,20)(H,18,19). The predicted molar refractivity (Wildman–Crippen MR) is 85.4 cm³/mol. The van der Waals surface area contributed by atoms with Gasteiger partial charge >= 0.3 is 0 Å². The molecule has 0 saturated carbocycles. The van der Waals surface area contributed by atoms with Crippen molar-refractivity contribution in [1.82, 2.24) is 5.32 Å². The number of rotatable bonds is 5. The van der Waals surface area contributed by atoms with E-state index in [9.17, 15) is 9.59 Å². The number of hydrogen-bond acceptors (Lipinski definition) is 3. The van der Waals surface area contributed by atoms with Gasteiger partial charge < -0.3 is 10.6 Å². The van der Waals surface area contributed by atoms with E-state index < -0.39 is 0 Å². The molecule has 21 heavy (non-hydrogen) atoms. The van der Waals surface area contributed by atoms with Crippen LogP contribution in [0.3, 0.4) is 0 Å². The van der Waals surface area contributed by atoms with Crippen molar-refractivity contribution in [2.75, 3.05) is 5.32 Å². The minimum atomic E-state index is -0.105. The third-order valence-corrected chi connectivity index (χ3v) is 4.08. The average molecular weight is 302 g/mol. The van der Waals surface area contributed by atoms with E-state index in [0.29, 0.717) is 13.0 Å². The molecule has 0 unspecified atom stereocenters. The highest BCUT2D eigenvalue weighted by Gasteiger charge is 2.05. The lowest BCUT2D eigenvalue weighted by Crippen LogP contribution is -2.24. The molecule has 2 rings (SSSR count). The van der Waals surface area contributed by atoms with Crippen molar-refractivity contribution in [3.63, 3.8) is 0 Å². The van der Waals surface area contributed by atoms with Crippen molar-refractivity contribution in [2.24, 2.45) is 0 Å². The molecule has 0 spiro atoms. The van der Waals surface area contributed by atoms with Gasteiger partial charge in [-0.15, -0.1) is 11.3 Å². The molecule has 4 nitrogen and oxygen atoms in total. The van der Waals surface area contributed by atoms with Crippen LogP contribution in [0.15, 0.2) is 35.7 Å². The Hall–Kier alpha value is -2.14. The van der Waals surface area contributed by atoms with Crippen LogP contribution in [-0.4, -0.2) is 11.8 Å². The summed E-state index contributed by atoms with van der Waals surface area (Å²) in [6.07, 6.45) is 0.338. The largest absolute Gasteiger partial charge is 0.351 e. The molecule has 0 bridgehead atoms. The maximum Gasteiger partial charge on any atom is 0.224 e. The molecule has 0 aliphatic heterocycles. The molecule has 0 aliphatic rings. The Morgan fingerprint density at radius 2 is 1.86 bits per heavy atom. The number of carbonyl (C=O) groups excluding carboxylic acids is 2. The molecule has 5 heteroatoms. The molecule has 1 aromatic carbocycles. The zero-order valence-electron chi connectivity index (χ0n) is 12.1. The molecule has 110 valence electrons. The van der Waals surface area contributed by atoms with Crippen molar-refractivity contribution < 1.29 is 9.59 Å². The monoisotopic (exact) mass is 302 g/mol.